The molecule has 1 aromatic heterocycles. The lowest BCUT2D eigenvalue weighted by Crippen LogP contribution is -2.50. The van der Waals surface area contributed by atoms with Gasteiger partial charge in [-0.2, -0.15) is 0 Å². The summed E-state index contributed by atoms with van der Waals surface area (Å²) in [6.45, 7) is 5.16. The van der Waals surface area contributed by atoms with E-state index in [1.54, 1.807) is 6.07 Å². The number of fused-ring (bicyclic) bond motifs is 5. The molecule has 3 heterocycles. The van der Waals surface area contributed by atoms with Crippen molar-refractivity contribution in [3.63, 3.8) is 0 Å². The molecule has 1 saturated carbocycles. The van der Waals surface area contributed by atoms with Gasteiger partial charge in [0.1, 0.15) is 0 Å². The Kier molecular flexibility index (Phi) is 6.41. The number of piperazine rings is 1. The van der Waals surface area contributed by atoms with Crippen molar-refractivity contribution in [2.75, 3.05) is 51.2 Å². The van der Waals surface area contributed by atoms with E-state index in [0.717, 1.165) is 42.9 Å². The van der Waals surface area contributed by atoms with E-state index >= 15 is 0 Å². The Morgan fingerprint density at radius 1 is 0.919 bits per heavy atom. The lowest BCUT2D eigenvalue weighted by Gasteiger charge is -2.34. The minimum atomic E-state index is -0.898. The zero-order valence-corrected chi connectivity index (χ0v) is 21.7. The Bertz CT molecular complexity index is 1330. The van der Waals surface area contributed by atoms with Crippen LogP contribution in [0.4, 0.5) is 5.69 Å². The van der Waals surface area contributed by atoms with Crippen molar-refractivity contribution in [3.05, 3.63) is 53.6 Å². The molecular formula is C30H36N4O3. The van der Waals surface area contributed by atoms with Gasteiger partial charge in [0, 0.05) is 61.4 Å². The molecule has 1 N–H and O–H groups in total. The highest BCUT2D eigenvalue weighted by Gasteiger charge is 2.31. The first-order valence-corrected chi connectivity index (χ1v) is 13.7. The molecular weight excluding hydrogens is 464 g/mol. The first kappa shape index (κ1) is 24.0. The van der Waals surface area contributed by atoms with Crippen molar-refractivity contribution < 1.29 is 14.7 Å². The van der Waals surface area contributed by atoms with Gasteiger partial charge >= 0.3 is 5.97 Å². The van der Waals surface area contributed by atoms with E-state index in [0.29, 0.717) is 31.1 Å². The number of hydrogen-bond acceptors (Lipinski definition) is 4. The summed E-state index contributed by atoms with van der Waals surface area (Å²) in [4.78, 5) is 31.7. The SMILES string of the molecule is CN1CCN(C(=O)CN2CCn3c(c(C4CCCCC4)c4ccc(C(=O)O)cc43)-c3ccccc32)CC1. The van der Waals surface area contributed by atoms with Crippen LogP contribution in [0.25, 0.3) is 22.2 Å². The largest absolute Gasteiger partial charge is 0.478 e. The molecule has 2 aliphatic heterocycles. The fraction of sp³-hybridized carbons (Fsp3) is 0.467. The summed E-state index contributed by atoms with van der Waals surface area (Å²) in [6.07, 6.45) is 6.09. The number of carboxylic acid groups (broad SMARTS) is 1. The lowest BCUT2D eigenvalue weighted by molar-refractivity contribution is -0.131. The minimum absolute atomic E-state index is 0.181. The Hall–Kier alpha value is -3.32. The number of rotatable bonds is 4. The highest BCUT2D eigenvalue weighted by molar-refractivity contribution is 6.00. The molecule has 3 aromatic rings. The lowest BCUT2D eigenvalue weighted by atomic mass is 9.81. The Morgan fingerprint density at radius 3 is 2.43 bits per heavy atom. The number of hydrogen-bond donors (Lipinski definition) is 1. The fourth-order valence-electron chi connectivity index (χ4n) is 6.61. The van der Waals surface area contributed by atoms with Gasteiger partial charge < -0.3 is 24.4 Å². The number of carbonyl (C=O) groups is 2. The average molecular weight is 501 g/mol. The average Bonchev–Trinajstić information content (AvgIpc) is 3.16. The molecule has 2 aromatic carbocycles. The summed E-state index contributed by atoms with van der Waals surface area (Å²) < 4.78 is 2.34. The molecule has 3 aliphatic rings. The van der Waals surface area contributed by atoms with Gasteiger partial charge in [0.2, 0.25) is 5.91 Å². The van der Waals surface area contributed by atoms with E-state index in [1.807, 2.05) is 17.0 Å². The van der Waals surface area contributed by atoms with Crippen LogP contribution in [0.2, 0.25) is 0 Å². The molecule has 7 nitrogen and oxygen atoms in total. The van der Waals surface area contributed by atoms with Gasteiger partial charge in [-0.1, -0.05) is 43.5 Å². The maximum atomic E-state index is 13.3. The second-order valence-corrected chi connectivity index (χ2v) is 10.9. The number of anilines is 1. The van der Waals surface area contributed by atoms with E-state index in [1.165, 1.54) is 48.7 Å². The normalized spacial score (nSPS) is 18.9. The first-order chi connectivity index (χ1) is 18.0. The number of aromatic nitrogens is 1. The van der Waals surface area contributed by atoms with Crippen LogP contribution in [0, 0.1) is 0 Å². The van der Waals surface area contributed by atoms with E-state index in [-0.39, 0.29) is 5.91 Å². The zero-order chi connectivity index (χ0) is 25.5. The Labute approximate surface area is 218 Å². The molecule has 1 aliphatic carbocycles. The van der Waals surface area contributed by atoms with Crippen molar-refractivity contribution in [1.29, 1.82) is 0 Å². The monoisotopic (exact) mass is 500 g/mol. The van der Waals surface area contributed by atoms with Crippen molar-refractivity contribution in [3.8, 4) is 11.3 Å². The number of aromatic carboxylic acids is 1. The summed E-state index contributed by atoms with van der Waals surface area (Å²) in [5.74, 6) is -0.250. The van der Waals surface area contributed by atoms with Gasteiger partial charge in [-0.3, -0.25) is 4.79 Å². The number of nitrogens with zero attached hydrogens (tertiary/aromatic N) is 4. The van der Waals surface area contributed by atoms with Crippen LogP contribution in [0.15, 0.2) is 42.5 Å². The summed E-state index contributed by atoms with van der Waals surface area (Å²) >= 11 is 0. The van der Waals surface area contributed by atoms with Crippen molar-refractivity contribution >= 4 is 28.5 Å². The smallest absolute Gasteiger partial charge is 0.335 e. The number of carbonyl (C=O) groups excluding carboxylic acids is 1. The standard InChI is InChI=1S/C30H36N4O3/c1-31-13-15-32(16-14-31)27(35)20-33-17-18-34-26-19-22(30(36)37)11-12-23(26)28(21-7-3-2-4-8-21)29(34)24-9-5-6-10-25(24)33/h5-6,9-12,19,21H,2-4,7-8,13-18,20H2,1H3,(H,36,37). The number of amides is 1. The molecule has 7 heteroatoms. The summed E-state index contributed by atoms with van der Waals surface area (Å²) in [5, 5.41) is 10.9. The molecule has 0 bridgehead atoms. The van der Waals surface area contributed by atoms with Crippen LogP contribution in [-0.4, -0.2) is 77.7 Å². The van der Waals surface area contributed by atoms with Gasteiger partial charge in [0.05, 0.1) is 17.8 Å². The Morgan fingerprint density at radius 2 is 1.68 bits per heavy atom. The summed E-state index contributed by atoms with van der Waals surface area (Å²) in [6, 6.07) is 14.1. The van der Waals surface area contributed by atoms with Gasteiger partial charge in [-0.15, -0.1) is 0 Å². The van der Waals surface area contributed by atoms with Crippen molar-refractivity contribution in [1.82, 2.24) is 14.4 Å². The molecule has 0 radical (unpaired) electrons. The Balaban J connectivity index is 1.45. The van der Waals surface area contributed by atoms with Gasteiger partial charge in [-0.25, -0.2) is 4.79 Å². The van der Waals surface area contributed by atoms with Crippen LogP contribution in [0.1, 0.15) is 53.9 Å². The van der Waals surface area contributed by atoms with Crippen molar-refractivity contribution in [2.45, 2.75) is 44.6 Å². The molecule has 37 heavy (non-hydrogen) atoms. The predicted molar refractivity (Wildman–Crippen MR) is 146 cm³/mol. The van der Waals surface area contributed by atoms with Crippen LogP contribution >= 0.6 is 0 Å². The number of para-hydroxylation sites is 1. The second-order valence-electron chi connectivity index (χ2n) is 10.9. The van der Waals surface area contributed by atoms with Gasteiger partial charge in [-0.05, 0) is 49.6 Å². The molecule has 0 unspecified atom stereocenters. The van der Waals surface area contributed by atoms with Crippen LogP contribution < -0.4 is 4.90 Å². The van der Waals surface area contributed by atoms with Crippen LogP contribution in [-0.2, 0) is 11.3 Å². The van der Waals surface area contributed by atoms with Crippen LogP contribution in [0.5, 0.6) is 0 Å². The van der Waals surface area contributed by atoms with E-state index < -0.39 is 5.97 Å². The molecule has 6 rings (SSSR count). The number of carboxylic acids is 1. The molecule has 2 fully saturated rings. The van der Waals surface area contributed by atoms with Crippen LogP contribution in [0.3, 0.4) is 0 Å². The highest BCUT2D eigenvalue weighted by Crippen LogP contribution is 2.47. The molecule has 0 atom stereocenters. The zero-order valence-electron chi connectivity index (χ0n) is 21.7. The fourth-order valence-corrected chi connectivity index (χ4v) is 6.61. The van der Waals surface area contributed by atoms with E-state index in [4.69, 9.17) is 0 Å². The maximum absolute atomic E-state index is 13.3. The predicted octanol–water partition coefficient (Wildman–Crippen LogP) is 4.65. The molecule has 0 spiro atoms. The number of benzene rings is 2. The highest BCUT2D eigenvalue weighted by atomic mass is 16.4. The van der Waals surface area contributed by atoms with Gasteiger partial charge in [0.15, 0.2) is 0 Å². The third kappa shape index (κ3) is 4.39. The second kappa shape index (κ2) is 9.86. The van der Waals surface area contributed by atoms with Gasteiger partial charge in [0.25, 0.3) is 0 Å². The first-order valence-electron chi connectivity index (χ1n) is 13.7. The third-order valence-corrected chi connectivity index (χ3v) is 8.64. The topological polar surface area (TPSA) is 69.0 Å². The van der Waals surface area contributed by atoms with E-state index in [2.05, 4.69) is 45.7 Å². The summed E-state index contributed by atoms with van der Waals surface area (Å²) in [7, 11) is 2.10. The quantitative estimate of drug-likeness (QED) is 0.565. The molecule has 194 valence electrons. The van der Waals surface area contributed by atoms with E-state index in [9.17, 15) is 14.7 Å². The molecule has 1 amide bonds. The van der Waals surface area contributed by atoms with Crippen molar-refractivity contribution in [2.24, 2.45) is 0 Å². The maximum Gasteiger partial charge on any atom is 0.335 e. The molecule has 1 saturated heterocycles. The third-order valence-electron chi connectivity index (χ3n) is 8.64. The minimum Gasteiger partial charge on any atom is -0.478 e. The summed E-state index contributed by atoms with van der Waals surface area (Å²) in [5.41, 5.74) is 6.16. The number of likely N-dealkylation sites (N-methyl/N-ethyl adjacent to an activating group) is 1.